The Kier molecular flexibility index (Phi) is 10.2. The molecule has 2 saturated heterocycles. The van der Waals surface area contributed by atoms with Crippen molar-refractivity contribution in [1.82, 2.24) is 24.1 Å². The van der Waals surface area contributed by atoms with Gasteiger partial charge >= 0.3 is 0 Å². The lowest BCUT2D eigenvalue weighted by Gasteiger charge is -2.34. The molecule has 1 amide bonds. The molecule has 2 atom stereocenters. The zero-order valence-corrected chi connectivity index (χ0v) is 26.5. The lowest BCUT2D eigenvalue weighted by atomic mass is 10.1. The number of aliphatic hydroxyl groups excluding tert-OH is 1. The van der Waals surface area contributed by atoms with E-state index in [9.17, 15) is 9.90 Å². The Labute approximate surface area is 258 Å². The number of nitrogens with one attached hydrogen (secondary N) is 1. The number of piperazine rings is 1. The van der Waals surface area contributed by atoms with Crippen LogP contribution in [0.4, 0.5) is 5.13 Å². The minimum Gasteiger partial charge on any atom is -0.493 e. The number of benzene rings is 2. The number of hydrogen-bond donors (Lipinski definition) is 2. The average Bonchev–Trinajstić information content (AvgIpc) is 3.61. The summed E-state index contributed by atoms with van der Waals surface area (Å²) in [6.07, 6.45) is 0.408. The molecular weight excluding hydrogens is 624 g/mol. The SMILES string of the molecule is COc1cc(C(=O)N2CCN(Cc3nsc(NC[C@@H]4C[C@@H](O)CN4Cc4ccc(Br)cc4)n3)CC2)cc(OC)c1OC. The van der Waals surface area contributed by atoms with Crippen molar-refractivity contribution in [3.8, 4) is 17.2 Å². The van der Waals surface area contributed by atoms with Crippen LogP contribution >= 0.6 is 27.5 Å². The summed E-state index contributed by atoms with van der Waals surface area (Å²) in [5.41, 5.74) is 1.72. The van der Waals surface area contributed by atoms with Crippen molar-refractivity contribution in [1.29, 1.82) is 0 Å². The lowest BCUT2D eigenvalue weighted by molar-refractivity contribution is 0.0625. The van der Waals surface area contributed by atoms with Crippen LogP contribution in [0.25, 0.3) is 0 Å². The Hall–Kier alpha value is -2.97. The van der Waals surface area contributed by atoms with Crippen molar-refractivity contribution in [2.24, 2.45) is 0 Å². The average molecular weight is 662 g/mol. The third-order valence-electron chi connectivity index (χ3n) is 7.70. The number of nitrogens with zero attached hydrogens (tertiary/aromatic N) is 5. The Bertz CT molecular complexity index is 1330. The van der Waals surface area contributed by atoms with Gasteiger partial charge < -0.3 is 29.5 Å². The quantitative estimate of drug-likeness (QED) is 0.318. The van der Waals surface area contributed by atoms with Gasteiger partial charge in [-0.1, -0.05) is 28.1 Å². The number of β-amino-alcohol motifs (C(OH)–C–C–N with tert-alkyl or cyclic N) is 1. The zero-order valence-electron chi connectivity index (χ0n) is 24.1. The van der Waals surface area contributed by atoms with Gasteiger partial charge in [-0.15, -0.1) is 0 Å². The number of carbonyl (C=O) groups excluding carboxylic acids is 1. The number of amides is 1. The molecule has 42 heavy (non-hydrogen) atoms. The summed E-state index contributed by atoms with van der Waals surface area (Å²) >= 11 is 4.85. The van der Waals surface area contributed by atoms with Gasteiger partial charge in [0.25, 0.3) is 5.91 Å². The first-order valence-corrected chi connectivity index (χ1v) is 15.5. The molecule has 5 rings (SSSR count). The summed E-state index contributed by atoms with van der Waals surface area (Å²) in [5.74, 6) is 2.08. The van der Waals surface area contributed by atoms with Crippen LogP contribution in [0.1, 0.15) is 28.2 Å². The maximum Gasteiger partial charge on any atom is 0.254 e. The molecule has 0 aliphatic carbocycles. The van der Waals surface area contributed by atoms with Crippen molar-refractivity contribution in [3.63, 3.8) is 0 Å². The highest BCUT2D eigenvalue weighted by molar-refractivity contribution is 9.10. The molecule has 1 aromatic heterocycles. The Balaban J connectivity index is 1.10. The summed E-state index contributed by atoms with van der Waals surface area (Å²) in [5, 5.41) is 14.5. The van der Waals surface area contributed by atoms with Crippen molar-refractivity contribution < 1.29 is 24.1 Å². The van der Waals surface area contributed by atoms with E-state index in [0.29, 0.717) is 55.5 Å². The fourth-order valence-corrected chi connectivity index (χ4v) is 6.33. The second-order valence-corrected chi connectivity index (χ2v) is 12.1. The molecule has 11 nitrogen and oxygen atoms in total. The predicted molar refractivity (Wildman–Crippen MR) is 165 cm³/mol. The third-order valence-corrected chi connectivity index (χ3v) is 8.94. The summed E-state index contributed by atoms with van der Waals surface area (Å²) < 4.78 is 21.8. The van der Waals surface area contributed by atoms with E-state index in [1.807, 2.05) is 17.0 Å². The molecule has 2 fully saturated rings. The topological polar surface area (TPSA) is 113 Å². The number of aromatic nitrogens is 2. The van der Waals surface area contributed by atoms with Crippen LogP contribution in [0.2, 0.25) is 0 Å². The van der Waals surface area contributed by atoms with Gasteiger partial charge in [-0.3, -0.25) is 14.6 Å². The molecule has 3 aromatic rings. The first-order chi connectivity index (χ1) is 20.4. The van der Waals surface area contributed by atoms with Gasteiger partial charge in [0.2, 0.25) is 10.9 Å². The molecular formula is C29H37BrN6O5S. The van der Waals surface area contributed by atoms with E-state index in [1.54, 1.807) is 12.1 Å². The standard InChI is InChI=1S/C29H37BrN6O5S/c1-39-24-12-20(13-25(40-2)27(24)41-3)28(38)35-10-8-34(9-11-35)18-26-32-29(42-33-26)31-15-22-14-23(37)17-36(22)16-19-4-6-21(30)7-5-19/h4-7,12-13,22-23,37H,8-11,14-18H2,1-3H3,(H,31,32,33)/t22-,23+/m0/s1. The van der Waals surface area contributed by atoms with E-state index in [-0.39, 0.29) is 18.1 Å². The number of anilines is 1. The molecule has 13 heteroatoms. The summed E-state index contributed by atoms with van der Waals surface area (Å²) in [4.78, 5) is 24.4. The van der Waals surface area contributed by atoms with Gasteiger partial charge in [-0.05, 0) is 36.2 Å². The van der Waals surface area contributed by atoms with Crippen LogP contribution in [0, 0.1) is 0 Å². The van der Waals surface area contributed by atoms with Gasteiger partial charge in [0.1, 0.15) is 0 Å². The van der Waals surface area contributed by atoms with E-state index in [0.717, 1.165) is 41.5 Å². The third kappa shape index (κ3) is 7.32. The molecule has 2 aliphatic rings. The van der Waals surface area contributed by atoms with Gasteiger partial charge in [0, 0.05) is 73.4 Å². The smallest absolute Gasteiger partial charge is 0.254 e. The normalized spacial score (nSPS) is 19.6. The highest BCUT2D eigenvalue weighted by Gasteiger charge is 2.31. The maximum absolute atomic E-state index is 13.2. The molecule has 0 bridgehead atoms. The highest BCUT2D eigenvalue weighted by Crippen LogP contribution is 2.38. The van der Waals surface area contributed by atoms with Crippen LogP contribution in [-0.2, 0) is 13.1 Å². The molecule has 0 unspecified atom stereocenters. The molecule has 2 aliphatic heterocycles. The van der Waals surface area contributed by atoms with Crippen molar-refractivity contribution >= 4 is 38.5 Å². The zero-order chi connectivity index (χ0) is 29.6. The van der Waals surface area contributed by atoms with E-state index in [2.05, 4.69) is 47.6 Å². The second kappa shape index (κ2) is 14.0. The van der Waals surface area contributed by atoms with Crippen LogP contribution in [0.3, 0.4) is 0 Å². The van der Waals surface area contributed by atoms with Gasteiger partial charge in [-0.2, -0.15) is 4.37 Å². The minimum atomic E-state index is -0.323. The number of halogens is 1. The molecule has 0 spiro atoms. The number of likely N-dealkylation sites (tertiary alicyclic amines) is 1. The highest BCUT2D eigenvalue weighted by atomic mass is 79.9. The number of hydrogen-bond acceptors (Lipinski definition) is 11. The predicted octanol–water partition coefficient (Wildman–Crippen LogP) is 3.33. The molecule has 0 saturated carbocycles. The number of rotatable bonds is 11. The largest absolute Gasteiger partial charge is 0.493 e. The van der Waals surface area contributed by atoms with E-state index < -0.39 is 0 Å². The molecule has 2 aromatic carbocycles. The number of aliphatic hydroxyl groups is 1. The Morgan fingerprint density at radius 3 is 2.38 bits per heavy atom. The molecule has 226 valence electrons. The Morgan fingerprint density at radius 1 is 1.05 bits per heavy atom. The lowest BCUT2D eigenvalue weighted by Crippen LogP contribution is -2.48. The van der Waals surface area contributed by atoms with Gasteiger partial charge in [0.15, 0.2) is 17.3 Å². The number of carbonyl (C=O) groups is 1. The summed E-state index contributed by atoms with van der Waals surface area (Å²) in [6.45, 7) is 5.44. The van der Waals surface area contributed by atoms with Gasteiger partial charge in [0.05, 0.1) is 34.0 Å². The van der Waals surface area contributed by atoms with Gasteiger partial charge in [-0.25, -0.2) is 4.98 Å². The second-order valence-electron chi connectivity index (χ2n) is 10.5. The summed E-state index contributed by atoms with van der Waals surface area (Å²) in [6, 6.07) is 11.9. The van der Waals surface area contributed by atoms with Crippen LogP contribution < -0.4 is 19.5 Å². The maximum atomic E-state index is 13.2. The minimum absolute atomic E-state index is 0.0709. The van der Waals surface area contributed by atoms with Crippen LogP contribution in [-0.4, -0.2) is 108 Å². The number of methoxy groups -OCH3 is 3. The fraction of sp³-hybridized carbons (Fsp3) is 0.483. The van der Waals surface area contributed by atoms with E-state index in [4.69, 9.17) is 19.2 Å². The monoisotopic (exact) mass is 660 g/mol. The van der Waals surface area contributed by atoms with E-state index >= 15 is 0 Å². The fourth-order valence-electron chi connectivity index (χ4n) is 5.48. The molecule has 3 heterocycles. The van der Waals surface area contributed by atoms with Crippen molar-refractivity contribution in [3.05, 3.63) is 57.8 Å². The first kappa shape index (κ1) is 30.5. The van der Waals surface area contributed by atoms with E-state index in [1.165, 1.54) is 38.4 Å². The molecule has 0 radical (unpaired) electrons. The first-order valence-electron chi connectivity index (χ1n) is 13.9. The van der Waals surface area contributed by atoms with Crippen molar-refractivity contribution in [2.45, 2.75) is 31.7 Å². The molecule has 2 N–H and O–H groups in total. The Morgan fingerprint density at radius 2 is 1.74 bits per heavy atom. The van der Waals surface area contributed by atoms with Crippen LogP contribution in [0.15, 0.2) is 40.9 Å². The number of ether oxygens (including phenoxy) is 3. The van der Waals surface area contributed by atoms with Crippen molar-refractivity contribution in [2.75, 3.05) is 65.9 Å². The summed E-state index contributed by atoms with van der Waals surface area (Å²) in [7, 11) is 4.62. The van der Waals surface area contributed by atoms with Crippen LogP contribution in [0.5, 0.6) is 17.2 Å².